The monoisotopic (exact) mass is 430 g/mol. The number of carbonyl (C=O) groups is 1. The van der Waals surface area contributed by atoms with Gasteiger partial charge in [-0.3, -0.25) is 4.79 Å². The summed E-state index contributed by atoms with van der Waals surface area (Å²) in [5.74, 6) is 2.72. The Bertz CT molecular complexity index is 1090. The summed E-state index contributed by atoms with van der Waals surface area (Å²) >= 11 is 0. The van der Waals surface area contributed by atoms with E-state index in [1.807, 2.05) is 23.1 Å². The van der Waals surface area contributed by atoms with E-state index in [1.165, 1.54) is 5.56 Å². The molecule has 1 aromatic heterocycles. The third-order valence-electron chi connectivity index (χ3n) is 5.84. The smallest absolute Gasteiger partial charge is 0.289 e. The van der Waals surface area contributed by atoms with Crippen LogP contribution in [-0.4, -0.2) is 31.0 Å². The molecule has 0 unspecified atom stereocenters. The summed E-state index contributed by atoms with van der Waals surface area (Å²) in [6.07, 6.45) is 2.96. The predicted molar refractivity (Wildman–Crippen MR) is 120 cm³/mol. The molecule has 0 atom stereocenters. The van der Waals surface area contributed by atoms with Gasteiger partial charge < -0.3 is 18.8 Å². The Morgan fingerprint density at radius 3 is 2.56 bits per heavy atom. The minimum atomic E-state index is -0.0865. The molecular weight excluding hydrogens is 404 g/mol. The third-order valence-corrected chi connectivity index (χ3v) is 5.84. The zero-order valence-electron chi connectivity index (χ0n) is 18.1. The van der Waals surface area contributed by atoms with Gasteiger partial charge in [0.2, 0.25) is 0 Å². The lowest BCUT2D eigenvalue weighted by molar-refractivity contribution is 0.0654. The molecule has 1 fully saturated rings. The van der Waals surface area contributed by atoms with Crippen molar-refractivity contribution in [3.63, 3.8) is 0 Å². The number of nitriles is 1. The van der Waals surface area contributed by atoms with Gasteiger partial charge in [0.05, 0.1) is 12.7 Å². The Balaban J connectivity index is 1.28. The first-order chi connectivity index (χ1) is 15.7. The van der Waals surface area contributed by atoms with Crippen LogP contribution in [0.5, 0.6) is 11.5 Å². The maximum atomic E-state index is 12.9. The molecule has 164 valence electrons. The first-order valence-electron chi connectivity index (χ1n) is 10.8. The number of piperidine rings is 1. The van der Waals surface area contributed by atoms with Crippen LogP contribution in [0, 0.1) is 17.2 Å². The van der Waals surface area contributed by atoms with Crippen molar-refractivity contribution in [1.29, 1.82) is 5.26 Å². The standard InChI is InChI=1S/C26H26N2O4/c1-30-22-8-6-19(7-9-22)16-20-12-14-28(15-13-20)26(29)25-11-10-23(32-25)18-31-24-5-3-2-4-21(24)17-27/h2-11,20H,12-16,18H2,1H3. The van der Waals surface area contributed by atoms with Crippen LogP contribution >= 0.6 is 0 Å². The topological polar surface area (TPSA) is 75.7 Å². The van der Waals surface area contributed by atoms with Crippen LogP contribution in [0.1, 0.15) is 40.3 Å². The summed E-state index contributed by atoms with van der Waals surface area (Å²) in [7, 11) is 1.67. The summed E-state index contributed by atoms with van der Waals surface area (Å²) in [5.41, 5.74) is 1.76. The number of para-hydroxylation sites is 1. The molecule has 6 heteroatoms. The van der Waals surface area contributed by atoms with Gasteiger partial charge in [-0.25, -0.2) is 0 Å². The average Bonchev–Trinajstić information content (AvgIpc) is 3.32. The fourth-order valence-corrected chi connectivity index (χ4v) is 4.00. The molecule has 2 heterocycles. The molecule has 1 amide bonds. The normalized spacial score (nSPS) is 14.1. The van der Waals surface area contributed by atoms with Gasteiger partial charge in [0.1, 0.15) is 29.9 Å². The van der Waals surface area contributed by atoms with Crippen molar-refractivity contribution in [1.82, 2.24) is 4.90 Å². The van der Waals surface area contributed by atoms with Crippen LogP contribution in [-0.2, 0) is 13.0 Å². The number of carbonyl (C=O) groups excluding carboxylic acids is 1. The zero-order chi connectivity index (χ0) is 22.3. The van der Waals surface area contributed by atoms with Crippen molar-refractivity contribution in [3.8, 4) is 17.6 Å². The third kappa shape index (κ3) is 5.12. The largest absolute Gasteiger partial charge is 0.497 e. The lowest BCUT2D eigenvalue weighted by Gasteiger charge is -2.31. The maximum Gasteiger partial charge on any atom is 0.289 e. The summed E-state index contributed by atoms with van der Waals surface area (Å²) < 4.78 is 16.6. The SMILES string of the molecule is COc1ccc(CC2CCN(C(=O)c3ccc(COc4ccccc4C#N)o3)CC2)cc1. The molecule has 4 rings (SSSR count). The van der Waals surface area contributed by atoms with E-state index in [-0.39, 0.29) is 12.5 Å². The lowest BCUT2D eigenvalue weighted by atomic mass is 9.90. The molecule has 3 aromatic rings. The highest BCUT2D eigenvalue weighted by molar-refractivity contribution is 5.91. The molecular formula is C26H26N2O4. The van der Waals surface area contributed by atoms with Crippen molar-refractivity contribution in [2.75, 3.05) is 20.2 Å². The van der Waals surface area contributed by atoms with E-state index in [9.17, 15) is 4.79 Å². The zero-order valence-corrected chi connectivity index (χ0v) is 18.1. The predicted octanol–water partition coefficient (Wildman–Crippen LogP) is 4.83. The average molecular weight is 431 g/mol. The fourth-order valence-electron chi connectivity index (χ4n) is 4.00. The second-order valence-corrected chi connectivity index (χ2v) is 7.95. The van der Waals surface area contributed by atoms with Gasteiger partial charge in [-0.05, 0) is 67.1 Å². The maximum absolute atomic E-state index is 12.9. The van der Waals surface area contributed by atoms with E-state index in [2.05, 4.69) is 18.2 Å². The Hall–Kier alpha value is -3.72. The number of nitrogens with zero attached hydrogens (tertiary/aromatic N) is 2. The molecule has 2 aromatic carbocycles. The fraction of sp³-hybridized carbons (Fsp3) is 0.308. The van der Waals surface area contributed by atoms with Gasteiger partial charge in [-0.15, -0.1) is 0 Å². The highest BCUT2D eigenvalue weighted by Gasteiger charge is 2.25. The summed E-state index contributed by atoms with van der Waals surface area (Å²) in [6.45, 7) is 1.61. The van der Waals surface area contributed by atoms with Crippen LogP contribution in [0.25, 0.3) is 0 Å². The molecule has 0 spiro atoms. The molecule has 1 aliphatic heterocycles. The second kappa shape index (κ2) is 10.1. The quantitative estimate of drug-likeness (QED) is 0.536. The van der Waals surface area contributed by atoms with Gasteiger partial charge in [-0.2, -0.15) is 5.26 Å². The number of benzene rings is 2. The van der Waals surface area contributed by atoms with E-state index < -0.39 is 0 Å². The molecule has 32 heavy (non-hydrogen) atoms. The minimum absolute atomic E-state index is 0.0865. The van der Waals surface area contributed by atoms with Crippen LogP contribution in [0.2, 0.25) is 0 Å². The molecule has 0 radical (unpaired) electrons. The molecule has 6 nitrogen and oxygen atoms in total. The summed E-state index contributed by atoms with van der Waals surface area (Å²) in [6, 6.07) is 20.8. The van der Waals surface area contributed by atoms with Crippen LogP contribution < -0.4 is 9.47 Å². The lowest BCUT2D eigenvalue weighted by Crippen LogP contribution is -2.38. The number of methoxy groups -OCH3 is 1. The number of amides is 1. The van der Waals surface area contributed by atoms with Gasteiger partial charge in [-0.1, -0.05) is 24.3 Å². The molecule has 1 aliphatic rings. The summed E-state index contributed by atoms with van der Waals surface area (Å²) in [4.78, 5) is 14.7. The number of hydrogen-bond acceptors (Lipinski definition) is 5. The van der Waals surface area contributed by atoms with Crippen LogP contribution in [0.15, 0.2) is 65.1 Å². The highest BCUT2D eigenvalue weighted by atomic mass is 16.5. The Labute approximate surface area is 188 Å². The number of hydrogen-bond donors (Lipinski definition) is 0. The van der Waals surface area contributed by atoms with Crippen molar-refractivity contribution >= 4 is 5.91 Å². The van der Waals surface area contributed by atoms with Gasteiger partial charge in [0.15, 0.2) is 5.76 Å². The molecule has 0 aliphatic carbocycles. The molecule has 0 saturated carbocycles. The van der Waals surface area contributed by atoms with E-state index in [0.29, 0.717) is 28.8 Å². The molecule has 0 N–H and O–H groups in total. The van der Waals surface area contributed by atoms with E-state index in [1.54, 1.807) is 37.4 Å². The van der Waals surface area contributed by atoms with Crippen molar-refractivity contribution < 1.29 is 18.7 Å². The van der Waals surface area contributed by atoms with Crippen molar-refractivity contribution in [3.05, 3.63) is 83.3 Å². The van der Waals surface area contributed by atoms with Crippen molar-refractivity contribution in [2.24, 2.45) is 5.92 Å². The van der Waals surface area contributed by atoms with Crippen LogP contribution in [0.4, 0.5) is 0 Å². The van der Waals surface area contributed by atoms with Crippen LogP contribution in [0.3, 0.4) is 0 Å². The molecule has 1 saturated heterocycles. The van der Waals surface area contributed by atoms with E-state index in [0.717, 1.165) is 38.1 Å². The number of ether oxygens (including phenoxy) is 2. The van der Waals surface area contributed by atoms with Gasteiger partial charge in [0.25, 0.3) is 5.91 Å². The minimum Gasteiger partial charge on any atom is -0.497 e. The van der Waals surface area contributed by atoms with Gasteiger partial charge >= 0.3 is 0 Å². The van der Waals surface area contributed by atoms with Gasteiger partial charge in [0, 0.05) is 13.1 Å². The molecule has 0 bridgehead atoms. The number of likely N-dealkylation sites (tertiary alicyclic amines) is 1. The first kappa shape index (κ1) is 21.5. The second-order valence-electron chi connectivity index (χ2n) is 7.95. The Morgan fingerprint density at radius 2 is 1.84 bits per heavy atom. The summed E-state index contributed by atoms with van der Waals surface area (Å²) in [5, 5.41) is 9.15. The van der Waals surface area contributed by atoms with E-state index >= 15 is 0 Å². The number of rotatable bonds is 7. The Morgan fingerprint density at radius 1 is 1.09 bits per heavy atom. The van der Waals surface area contributed by atoms with Crippen molar-refractivity contribution in [2.45, 2.75) is 25.9 Å². The first-order valence-corrected chi connectivity index (χ1v) is 10.8. The van der Waals surface area contributed by atoms with E-state index in [4.69, 9.17) is 19.2 Å². The number of furan rings is 1. The Kier molecular flexibility index (Phi) is 6.76. The highest BCUT2D eigenvalue weighted by Crippen LogP contribution is 2.25.